The molecular formula is C14H19ClN4. The summed E-state index contributed by atoms with van der Waals surface area (Å²) in [5, 5.41) is 8.56. The van der Waals surface area contributed by atoms with Crippen molar-refractivity contribution in [2.45, 2.75) is 40.3 Å². The van der Waals surface area contributed by atoms with Crippen LogP contribution < -0.4 is 5.32 Å². The van der Waals surface area contributed by atoms with E-state index in [1.165, 1.54) is 0 Å². The molecule has 0 amide bonds. The van der Waals surface area contributed by atoms with E-state index in [2.05, 4.69) is 35.3 Å². The van der Waals surface area contributed by atoms with Crippen LogP contribution in [0.4, 0.5) is 0 Å². The van der Waals surface area contributed by atoms with Crippen LogP contribution in [-0.2, 0) is 6.54 Å². The van der Waals surface area contributed by atoms with E-state index in [1.807, 2.05) is 24.6 Å². The third kappa shape index (κ3) is 2.96. The first kappa shape index (κ1) is 14.0. The third-order valence-electron chi connectivity index (χ3n) is 2.97. The molecule has 0 aliphatic carbocycles. The third-order valence-corrected chi connectivity index (χ3v) is 3.52. The lowest BCUT2D eigenvalue weighted by molar-refractivity contribution is 0.584. The number of nitrogens with zero attached hydrogens (tertiary/aromatic N) is 3. The number of hydrogen-bond acceptors (Lipinski definition) is 3. The lowest BCUT2D eigenvalue weighted by Crippen LogP contribution is -2.23. The van der Waals surface area contributed by atoms with Crippen LogP contribution in [0.1, 0.15) is 30.8 Å². The average Bonchev–Trinajstić information content (AvgIpc) is 2.64. The molecule has 0 spiro atoms. The largest absolute Gasteiger partial charge is 0.310 e. The quantitative estimate of drug-likeness (QED) is 0.935. The fourth-order valence-electron chi connectivity index (χ4n) is 1.90. The number of rotatable bonds is 4. The Morgan fingerprint density at radius 1 is 1.37 bits per heavy atom. The van der Waals surface area contributed by atoms with Crippen molar-refractivity contribution in [3.8, 4) is 5.82 Å². The lowest BCUT2D eigenvalue weighted by Gasteiger charge is -2.12. The maximum Gasteiger partial charge on any atom is 0.158 e. The van der Waals surface area contributed by atoms with Crippen molar-refractivity contribution in [2.24, 2.45) is 0 Å². The van der Waals surface area contributed by atoms with E-state index in [0.29, 0.717) is 11.1 Å². The van der Waals surface area contributed by atoms with Crippen LogP contribution >= 0.6 is 11.6 Å². The molecule has 0 aliphatic rings. The van der Waals surface area contributed by atoms with Gasteiger partial charge in [0.25, 0.3) is 0 Å². The second-order valence-electron chi connectivity index (χ2n) is 4.92. The molecule has 0 saturated heterocycles. The Morgan fingerprint density at radius 2 is 2.11 bits per heavy atom. The van der Waals surface area contributed by atoms with Crippen molar-refractivity contribution < 1.29 is 0 Å². The predicted octanol–water partition coefficient (Wildman–Crippen LogP) is 3.04. The molecule has 0 aromatic carbocycles. The number of halogens is 1. The van der Waals surface area contributed by atoms with Gasteiger partial charge >= 0.3 is 0 Å². The summed E-state index contributed by atoms with van der Waals surface area (Å²) >= 11 is 6.20. The molecule has 0 fully saturated rings. The number of aromatic nitrogens is 3. The highest BCUT2D eigenvalue weighted by atomic mass is 35.5. The Morgan fingerprint density at radius 3 is 2.68 bits per heavy atom. The van der Waals surface area contributed by atoms with Crippen molar-refractivity contribution in [2.75, 3.05) is 0 Å². The molecule has 19 heavy (non-hydrogen) atoms. The van der Waals surface area contributed by atoms with Gasteiger partial charge in [-0.3, -0.25) is 0 Å². The van der Waals surface area contributed by atoms with Gasteiger partial charge in [0, 0.05) is 24.3 Å². The van der Waals surface area contributed by atoms with Crippen molar-refractivity contribution >= 4 is 11.6 Å². The molecule has 2 aromatic rings. The minimum absolute atomic E-state index is 0.428. The van der Waals surface area contributed by atoms with Gasteiger partial charge in [-0.05, 0) is 19.9 Å². The van der Waals surface area contributed by atoms with Gasteiger partial charge in [-0.1, -0.05) is 31.5 Å². The smallest absolute Gasteiger partial charge is 0.158 e. The van der Waals surface area contributed by atoms with E-state index in [4.69, 9.17) is 11.6 Å². The minimum Gasteiger partial charge on any atom is -0.310 e. The highest BCUT2D eigenvalue weighted by Crippen LogP contribution is 2.22. The number of aryl methyl sites for hydroxylation is 1. The minimum atomic E-state index is 0.428. The monoisotopic (exact) mass is 278 g/mol. The molecule has 0 saturated carbocycles. The molecule has 0 atom stereocenters. The molecule has 0 unspecified atom stereocenters. The molecule has 2 heterocycles. The number of nitrogens with one attached hydrogen (secondary N) is 1. The van der Waals surface area contributed by atoms with Crippen LogP contribution in [0.3, 0.4) is 0 Å². The molecular weight excluding hydrogens is 260 g/mol. The summed E-state index contributed by atoms with van der Waals surface area (Å²) in [5.74, 6) is 0.836. The van der Waals surface area contributed by atoms with Gasteiger partial charge in [0.1, 0.15) is 0 Å². The Kier molecular flexibility index (Phi) is 4.22. The fraction of sp³-hybridized carbons (Fsp3) is 0.429. The standard InChI is InChI=1S/C14H19ClN4/c1-9(2)17-8-12-6-5-7-16-14(12)19-11(4)13(15)10(3)18-19/h5-7,9,17H,8H2,1-4H3. The Hall–Kier alpha value is -1.39. The summed E-state index contributed by atoms with van der Waals surface area (Å²) < 4.78 is 1.81. The van der Waals surface area contributed by atoms with Gasteiger partial charge in [-0.2, -0.15) is 5.10 Å². The van der Waals surface area contributed by atoms with Crippen LogP contribution in [0.25, 0.3) is 5.82 Å². The highest BCUT2D eigenvalue weighted by Gasteiger charge is 2.14. The van der Waals surface area contributed by atoms with Gasteiger partial charge in [0.2, 0.25) is 0 Å². The van der Waals surface area contributed by atoms with Gasteiger partial charge in [-0.15, -0.1) is 0 Å². The van der Waals surface area contributed by atoms with E-state index in [-0.39, 0.29) is 0 Å². The van der Waals surface area contributed by atoms with Gasteiger partial charge < -0.3 is 5.32 Å². The van der Waals surface area contributed by atoms with Crippen LogP contribution in [-0.4, -0.2) is 20.8 Å². The summed E-state index contributed by atoms with van der Waals surface area (Å²) in [4.78, 5) is 4.44. The summed E-state index contributed by atoms with van der Waals surface area (Å²) in [6, 6.07) is 4.42. The van der Waals surface area contributed by atoms with E-state index in [1.54, 1.807) is 6.20 Å². The molecule has 0 radical (unpaired) electrons. The van der Waals surface area contributed by atoms with Gasteiger partial charge in [-0.25, -0.2) is 9.67 Å². The normalized spacial score (nSPS) is 11.3. The number of hydrogen-bond donors (Lipinski definition) is 1. The lowest BCUT2D eigenvalue weighted by atomic mass is 10.2. The summed E-state index contributed by atoms with van der Waals surface area (Å²) in [6.07, 6.45) is 1.78. The zero-order valence-electron chi connectivity index (χ0n) is 11.7. The van der Waals surface area contributed by atoms with E-state index < -0.39 is 0 Å². The zero-order chi connectivity index (χ0) is 14.0. The molecule has 0 bridgehead atoms. The average molecular weight is 279 g/mol. The zero-order valence-corrected chi connectivity index (χ0v) is 12.5. The molecule has 2 aromatic heterocycles. The van der Waals surface area contributed by atoms with Crippen LogP contribution in [0.15, 0.2) is 18.3 Å². The highest BCUT2D eigenvalue weighted by molar-refractivity contribution is 6.31. The van der Waals surface area contributed by atoms with Crippen molar-refractivity contribution in [3.63, 3.8) is 0 Å². The molecule has 0 aliphatic heterocycles. The summed E-state index contributed by atoms with van der Waals surface area (Å²) in [7, 11) is 0. The topological polar surface area (TPSA) is 42.7 Å². The van der Waals surface area contributed by atoms with Crippen LogP contribution in [0.5, 0.6) is 0 Å². The van der Waals surface area contributed by atoms with E-state index in [9.17, 15) is 0 Å². The van der Waals surface area contributed by atoms with Crippen LogP contribution in [0, 0.1) is 13.8 Å². The predicted molar refractivity (Wildman–Crippen MR) is 77.8 cm³/mol. The van der Waals surface area contributed by atoms with E-state index >= 15 is 0 Å². The SMILES string of the molecule is Cc1nn(-c2ncccc2CNC(C)C)c(C)c1Cl. The van der Waals surface area contributed by atoms with Crippen molar-refractivity contribution in [1.82, 2.24) is 20.1 Å². The molecule has 1 N–H and O–H groups in total. The fourth-order valence-corrected chi connectivity index (χ4v) is 2.02. The molecule has 102 valence electrons. The Bertz CT molecular complexity index is 575. The Labute approximate surface area is 118 Å². The van der Waals surface area contributed by atoms with Crippen LogP contribution in [0.2, 0.25) is 5.02 Å². The maximum atomic E-state index is 6.20. The molecule has 2 rings (SSSR count). The molecule has 4 nitrogen and oxygen atoms in total. The maximum absolute atomic E-state index is 6.20. The van der Waals surface area contributed by atoms with E-state index in [0.717, 1.165) is 29.3 Å². The van der Waals surface area contributed by atoms with Crippen molar-refractivity contribution in [3.05, 3.63) is 40.3 Å². The van der Waals surface area contributed by atoms with Crippen molar-refractivity contribution in [1.29, 1.82) is 0 Å². The number of pyridine rings is 1. The first-order valence-electron chi connectivity index (χ1n) is 6.40. The summed E-state index contributed by atoms with van der Waals surface area (Å²) in [6.45, 7) is 8.86. The first-order chi connectivity index (χ1) is 9.00. The van der Waals surface area contributed by atoms with Gasteiger partial charge in [0.15, 0.2) is 5.82 Å². The second-order valence-corrected chi connectivity index (χ2v) is 5.30. The Balaban J connectivity index is 2.41. The first-order valence-corrected chi connectivity index (χ1v) is 6.78. The molecule has 5 heteroatoms. The summed E-state index contributed by atoms with van der Waals surface area (Å²) in [5.41, 5.74) is 2.86. The second kappa shape index (κ2) is 5.72. The van der Waals surface area contributed by atoms with Gasteiger partial charge in [0.05, 0.1) is 16.4 Å².